The molecule has 0 radical (unpaired) electrons. The highest BCUT2D eigenvalue weighted by atomic mass is 15.3. The summed E-state index contributed by atoms with van der Waals surface area (Å²) in [6.45, 7) is 6.78. The van der Waals surface area contributed by atoms with Gasteiger partial charge >= 0.3 is 0 Å². The van der Waals surface area contributed by atoms with Crippen LogP contribution in [0, 0.1) is 6.92 Å². The number of aryl methyl sites for hydroxylation is 2. The molecule has 96 valence electrons. The Balaban J connectivity index is 2.30. The van der Waals surface area contributed by atoms with E-state index >= 15 is 0 Å². The van der Waals surface area contributed by atoms with Gasteiger partial charge in [-0.05, 0) is 13.8 Å². The minimum atomic E-state index is 0.513. The molecule has 0 aromatic carbocycles. The summed E-state index contributed by atoms with van der Waals surface area (Å²) in [6.07, 6.45) is 2.67. The Morgan fingerprint density at radius 2 is 2.11 bits per heavy atom. The summed E-state index contributed by atoms with van der Waals surface area (Å²) in [5.41, 5.74) is 6.71. The highest BCUT2D eigenvalue weighted by Gasteiger charge is 2.09. The first-order valence-corrected chi connectivity index (χ1v) is 6.07. The molecule has 0 spiro atoms. The van der Waals surface area contributed by atoms with E-state index in [0.717, 1.165) is 36.0 Å². The van der Waals surface area contributed by atoms with Gasteiger partial charge in [-0.15, -0.1) is 0 Å². The van der Waals surface area contributed by atoms with Crippen molar-refractivity contribution >= 4 is 17.5 Å². The number of nitrogens with zero attached hydrogens (tertiary/aromatic N) is 4. The lowest BCUT2D eigenvalue weighted by atomic mass is 10.3. The normalized spacial score (nSPS) is 10.6. The Labute approximate surface area is 106 Å². The summed E-state index contributed by atoms with van der Waals surface area (Å²) < 4.78 is 1.85. The molecule has 0 saturated carbocycles. The summed E-state index contributed by atoms with van der Waals surface area (Å²) in [5, 5.41) is 7.53. The van der Waals surface area contributed by atoms with E-state index < -0.39 is 0 Å². The zero-order valence-electron chi connectivity index (χ0n) is 10.9. The van der Waals surface area contributed by atoms with Crippen LogP contribution in [0.1, 0.15) is 25.2 Å². The van der Waals surface area contributed by atoms with E-state index in [1.54, 1.807) is 0 Å². The van der Waals surface area contributed by atoms with Gasteiger partial charge in [0, 0.05) is 30.8 Å². The van der Waals surface area contributed by atoms with E-state index in [2.05, 4.69) is 20.4 Å². The lowest BCUT2D eigenvalue weighted by Crippen LogP contribution is -2.07. The number of nitrogen functional groups attached to an aromatic ring is 1. The third-order valence-corrected chi connectivity index (χ3v) is 2.76. The fourth-order valence-corrected chi connectivity index (χ4v) is 1.59. The highest BCUT2D eigenvalue weighted by molar-refractivity contribution is 5.61. The monoisotopic (exact) mass is 246 g/mol. The zero-order valence-corrected chi connectivity index (χ0v) is 10.9. The predicted octanol–water partition coefficient (Wildman–Crippen LogP) is 1.89. The van der Waals surface area contributed by atoms with Gasteiger partial charge in [-0.25, -0.2) is 9.97 Å². The molecule has 0 fully saturated rings. The van der Waals surface area contributed by atoms with Crippen LogP contribution >= 0.6 is 0 Å². The van der Waals surface area contributed by atoms with Crippen molar-refractivity contribution in [2.24, 2.45) is 0 Å². The molecule has 6 heteroatoms. The van der Waals surface area contributed by atoms with Crippen LogP contribution in [-0.2, 0) is 13.0 Å². The lowest BCUT2D eigenvalue weighted by Gasteiger charge is -2.09. The Morgan fingerprint density at radius 3 is 2.72 bits per heavy atom. The van der Waals surface area contributed by atoms with Crippen molar-refractivity contribution in [3.05, 3.63) is 23.7 Å². The molecule has 2 aromatic rings. The van der Waals surface area contributed by atoms with E-state index in [-0.39, 0.29) is 0 Å². The van der Waals surface area contributed by atoms with Crippen LogP contribution in [0.4, 0.5) is 17.5 Å². The van der Waals surface area contributed by atoms with E-state index in [1.165, 1.54) is 0 Å². The van der Waals surface area contributed by atoms with Crippen LogP contribution in [-0.4, -0.2) is 19.7 Å². The smallest absolute Gasteiger partial charge is 0.153 e. The van der Waals surface area contributed by atoms with Crippen LogP contribution in [0.3, 0.4) is 0 Å². The van der Waals surface area contributed by atoms with Crippen molar-refractivity contribution in [2.75, 3.05) is 11.1 Å². The first kappa shape index (κ1) is 12.3. The fraction of sp³-hybridized carbons (Fsp3) is 0.417. The zero-order chi connectivity index (χ0) is 13.1. The highest BCUT2D eigenvalue weighted by Crippen LogP contribution is 2.20. The molecule has 0 amide bonds. The second-order valence-corrected chi connectivity index (χ2v) is 4.03. The molecular weight excluding hydrogens is 228 g/mol. The quantitative estimate of drug-likeness (QED) is 0.861. The number of nitrogens with one attached hydrogen (secondary N) is 1. The van der Waals surface area contributed by atoms with Gasteiger partial charge in [0.2, 0.25) is 0 Å². The Kier molecular flexibility index (Phi) is 3.45. The molecule has 0 saturated heterocycles. The Hall–Kier alpha value is -2.11. The van der Waals surface area contributed by atoms with Crippen LogP contribution in [0.25, 0.3) is 0 Å². The van der Waals surface area contributed by atoms with Crippen molar-refractivity contribution in [2.45, 2.75) is 33.7 Å². The summed E-state index contributed by atoms with van der Waals surface area (Å²) in [6, 6.07) is 1.91. The summed E-state index contributed by atoms with van der Waals surface area (Å²) in [4.78, 5) is 8.65. The summed E-state index contributed by atoms with van der Waals surface area (Å²) in [7, 11) is 0. The van der Waals surface area contributed by atoms with Crippen LogP contribution in [0.2, 0.25) is 0 Å². The average molecular weight is 246 g/mol. The molecule has 0 aliphatic carbocycles. The maximum atomic E-state index is 5.87. The number of nitrogens with two attached hydrogens (primary N) is 1. The number of hydrogen-bond donors (Lipinski definition) is 2. The molecular formula is C12H18N6. The van der Waals surface area contributed by atoms with Gasteiger partial charge < -0.3 is 11.1 Å². The second-order valence-electron chi connectivity index (χ2n) is 4.03. The van der Waals surface area contributed by atoms with Crippen molar-refractivity contribution in [1.82, 2.24) is 19.7 Å². The van der Waals surface area contributed by atoms with E-state index in [9.17, 15) is 0 Å². The molecule has 2 rings (SSSR count). The maximum Gasteiger partial charge on any atom is 0.153 e. The van der Waals surface area contributed by atoms with E-state index in [0.29, 0.717) is 5.82 Å². The molecule has 0 atom stereocenters. The number of hydrogen-bond acceptors (Lipinski definition) is 5. The minimum absolute atomic E-state index is 0.513. The molecule has 0 bridgehead atoms. The Morgan fingerprint density at radius 1 is 1.33 bits per heavy atom. The average Bonchev–Trinajstić information content (AvgIpc) is 2.82. The van der Waals surface area contributed by atoms with Gasteiger partial charge in [0.1, 0.15) is 17.5 Å². The molecule has 2 heterocycles. The fourth-order valence-electron chi connectivity index (χ4n) is 1.59. The molecule has 2 aromatic heterocycles. The summed E-state index contributed by atoms with van der Waals surface area (Å²) in [5.74, 6) is 2.73. The predicted molar refractivity (Wildman–Crippen MR) is 71.7 cm³/mol. The minimum Gasteiger partial charge on any atom is -0.383 e. The van der Waals surface area contributed by atoms with Crippen molar-refractivity contribution in [3.63, 3.8) is 0 Å². The first-order chi connectivity index (χ1) is 8.63. The maximum absolute atomic E-state index is 5.87. The molecule has 0 aliphatic heterocycles. The molecule has 18 heavy (non-hydrogen) atoms. The molecule has 0 unspecified atom stereocenters. The van der Waals surface area contributed by atoms with Gasteiger partial charge in [-0.1, -0.05) is 6.92 Å². The largest absolute Gasteiger partial charge is 0.383 e. The van der Waals surface area contributed by atoms with Gasteiger partial charge in [0.15, 0.2) is 5.82 Å². The Bertz CT molecular complexity index is 545. The van der Waals surface area contributed by atoms with Crippen LogP contribution < -0.4 is 11.1 Å². The topological polar surface area (TPSA) is 81.6 Å². The lowest BCUT2D eigenvalue weighted by molar-refractivity contribution is 0.662. The molecule has 6 nitrogen and oxygen atoms in total. The van der Waals surface area contributed by atoms with Crippen LogP contribution in [0.5, 0.6) is 0 Å². The van der Waals surface area contributed by atoms with E-state index in [4.69, 9.17) is 5.73 Å². The van der Waals surface area contributed by atoms with E-state index in [1.807, 2.05) is 37.7 Å². The number of anilines is 3. The number of aromatic nitrogens is 4. The first-order valence-electron chi connectivity index (χ1n) is 6.07. The molecule has 3 N–H and O–H groups in total. The van der Waals surface area contributed by atoms with Crippen molar-refractivity contribution in [1.29, 1.82) is 0 Å². The van der Waals surface area contributed by atoms with Gasteiger partial charge in [0.05, 0.1) is 0 Å². The van der Waals surface area contributed by atoms with Gasteiger partial charge in [-0.2, -0.15) is 5.10 Å². The SMILES string of the molecule is CCc1nc(N)c(C)c(Nc2ccn(CC)n2)n1. The van der Waals surface area contributed by atoms with Gasteiger partial charge in [0.25, 0.3) is 0 Å². The third kappa shape index (κ3) is 2.42. The standard InChI is InChI=1S/C12H18N6/c1-4-9-14-11(13)8(3)12(15-9)16-10-6-7-18(5-2)17-10/h6-7H,4-5H2,1-3H3,(H3,13,14,15,16,17). The molecule has 0 aliphatic rings. The van der Waals surface area contributed by atoms with Gasteiger partial charge in [-0.3, -0.25) is 4.68 Å². The third-order valence-electron chi connectivity index (χ3n) is 2.76. The van der Waals surface area contributed by atoms with Crippen molar-refractivity contribution < 1.29 is 0 Å². The van der Waals surface area contributed by atoms with Crippen LogP contribution in [0.15, 0.2) is 12.3 Å². The second kappa shape index (κ2) is 5.03. The number of rotatable bonds is 4. The summed E-state index contributed by atoms with van der Waals surface area (Å²) >= 11 is 0. The van der Waals surface area contributed by atoms with Crippen molar-refractivity contribution in [3.8, 4) is 0 Å².